The molecule has 1 saturated heterocycles. The molecule has 0 bridgehead atoms. The number of hydrogen-bond acceptors (Lipinski definition) is 3. The van der Waals surface area contributed by atoms with Crippen LogP contribution in [0.4, 0.5) is 5.69 Å². The summed E-state index contributed by atoms with van der Waals surface area (Å²) in [6.07, 6.45) is 6.88. The molecule has 21 heavy (non-hydrogen) atoms. The van der Waals surface area contributed by atoms with Crippen LogP contribution in [-0.4, -0.2) is 36.6 Å². The topological polar surface area (TPSA) is 55.6 Å². The minimum atomic E-state index is 0.112. The van der Waals surface area contributed by atoms with Gasteiger partial charge < -0.3 is 15.4 Å². The van der Waals surface area contributed by atoms with Crippen molar-refractivity contribution >= 4 is 17.7 Å². The molecule has 1 aromatic carbocycles. The smallest absolute Gasteiger partial charge is 0.246 e. The Kier molecular flexibility index (Phi) is 4.25. The molecule has 112 valence electrons. The molecule has 0 aromatic heterocycles. The predicted molar refractivity (Wildman–Crippen MR) is 83.5 cm³/mol. The zero-order valence-electron chi connectivity index (χ0n) is 12.2. The van der Waals surface area contributed by atoms with E-state index in [0.29, 0.717) is 12.0 Å². The first kappa shape index (κ1) is 14.1. The van der Waals surface area contributed by atoms with Crippen LogP contribution in [0, 0.1) is 5.92 Å². The molecule has 1 amide bonds. The van der Waals surface area contributed by atoms with E-state index in [1.807, 2.05) is 35.2 Å². The Morgan fingerprint density at radius 3 is 2.67 bits per heavy atom. The summed E-state index contributed by atoms with van der Waals surface area (Å²) in [5, 5.41) is 0. The van der Waals surface area contributed by atoms with Crippen molar-refractivity contribution < 1.29 is 9.53 Å². The lowest BCUT2D eigenvalue weighted by atomic mass is 10.1. The molecule has 4 heteroatoms. The number of rotatable bonds is 5. The van der Waals surface area contributed by atoms with E-state index in [0.717, 1.165) is 50.3 Å². The van der Waals surface area contributed by atoms with Gasteiger partial charge >= 0.3 is 0 Å². The fraction of sp³-hybridized carbons (Fsp3) is 0.471. The fourth-order valence-electron chi connectivity index (χ4n) is 2.68. The van der Waals surface area contributed by atoms with Crippen LogP contribution in [0.25, 0.3) is 6.08 Å². The zero-order chi connectivity index (χ0) is 14.7. The Balaban J connectivity index is 1.62. The second-order valence-corrected chi connectivity index (χ2v) is 5.95. The Morgan fingerprint density at radius 2 is 2.05 bits per heavy atom. The Hall–Kier alpha value is -1.81. The first-order chi connectivity index (χ1) is 10.2. The zero-order valence-corrected chi connectivity index (χ0v) is 12.2. The summed E-state index contributed by atoms with van der Waals surface area (Å²) in [6.45, 7) is 2.45. The van der Waals surface area contributed by atoms with Gasteiger partial charge in [0.25, 0.3) is 0 Å². The molecule has 0 radical (unpaired) electrons. The normalized spacial score (nSPS) is 21.8. The van der Waals surface area contributed by atoms with Crippen LogP contribution in [0.3, 0.4) is 0 Å². The minimum absolute atomic E-state index is 0.112. The van der Waals surface area contributed by atoms with Crippen molar-refractivity contribution in [3.63, 3.8) is 0 Å². The maximum absolute atomic E-state index is 12.4. The van der Waals surface area contributed by atoms with E-state index in [1.165, 1.54) is 0 Å². The van der Waals surface area contributed by atoms with E-state index in [4.69, 9.17) is 10.5 Å². The average Bonchev–Trinajstić information content (AvgIpc) is 3.20. The number of nitrogens with two attached hydrogens (primary N) is 1. The maximum Gasteiger partial charge on any atom is 0.246 e. The molecular formula is C17H22N2O2. The maximum atomic E-state index is 12.4. The number of nitrogen functional groups attached to an aromatic ring is 1. The molecule has 1 unspecified atom stereocenters. The highest BCUT2D eigenvalue weighted by molar-refractivity contribution is 5.92. The first-order valence-electron chi connectivity index (χ1n) is 7.64. The molecule has 2 N–H and O–H groups in total. The number of nitrogens with zero attached hydrogens (tertiary/aromatic N) is 1. The molecular weight excluding hydrogens is 264 g/mol. The van der Waals surface area contributed by atoms with E-state index in [9.17, 15) is 4.79 Å². The van der Waals surface area contributed by atoms with Gasteiger partial charge in [0.15, 0.2) is 0 Å². The van der Waals surface area contributed by atoms with Crippen LogP contribution in [0.15, 0.2) is 30.3 Å². The third-order valence-electron chi connectivity index (χ3n) is 4.10. The van der Waals surface area contributed by atoms with Gasteiger partial charge in [0.2, 0.25) is 5.91 Å². The highest BCUT2D eigenvalue weighted by atomic mass is 16.5. The van der Waals surface area contributed by atoms with Crippen LogP contribution in [0.2, 0.25) is 0 Å². The summed E-state index contributed by atoms with van der Waals surface area (Å²) in [5.74, 6) is 0.612. The summed E-state index contributed by atoms with van der Waals surface area (Å²) in [4.78, 5) is 14.4. The van der Waals surface area contributed by atoms with Crippen LogP contribution in [-0.2, 0) is 9.53 Å². The summed E-state index contributed by atoms with van der Waals surface area (Å²) in [5.41, 5.74) is 7.39. The van der Waals surface area contributed by atoms with Crippen molar-refractivity contribution in [1.29, 1.82) is 0 Å². The molecule has 1 aliphatic heterocycles. The molecule has 1 aromatic rings. The number of amides is 1. The molecule has 1 atom stereocenters. The predicted octanol–water partition coefficient (Wildman–Crippen LogP) is 2.31. The SMILES string of the molecule is Nc1ccc(/C=C/C(=O)N(CC2CCOC2)C2CC2)cc1. The van der Waals surface area contributed by atoms with Crippen molar-refractivity contribution in [3.05, 3.63) is 35.9 Å². The monoisotopic (exact) mass is 286 g/mol. The van der Waals surface area contributed by atoms with E-state index in [2.05, 4.69) is 0 Å². The molecule has 2 aliphatic rings. The summed E-state index contributed by atoms with van der Waals surface area (Å²) >= 11 is 0. The summed E-state index contributed by atoms with van der Waals surface area (Å²) < 4.78 is 5.41. The standard InChI is InChI=1S/C17H22N2O2/c18-15-4-1-13(2-5-15)3-8-17(20)19(16-6-7-16)11-14-9-10-21-12-14/h1-5,8,14,16H,6-7,9-12,18H2/b8-3+. The quantitative estimate of drug-likeness (QED) is 0.667. The molecule has 3 rings (SSSR count). The minimum Gasteiger partial charge on any atom is -0.399 e. The van der Waals surface area contributed by atoms with E-state index in [-0.39, 0.29) is 5.91 Å². The number of carbonyl (C=O) groups is 1. The Morgan fingerprint density at radius 1 is 1.29 bits per heavy atom. The summed E-state index contributed by atoms with van der Waals surface area (Å²) in [7, 11) is 0. The lowest BCUT2D eigenvalue weighted by Gasteiger charge is -2.23. The van der Waals surface area contributed by atoms with Crippen molar-refractivity contribution in [2.75, 3.05) is 25.5 Å². The molecule has 4 nitrogen and oxygen atoms in total. The van der Waals surface area contributed by atoms with Gasteiger partial charge in [-0.25, -0.2) is 0 Å². The van der Waals surface area contributed by atoms with Crippen LogP contribution in [0.1, 0.15) is 24.8 Å². The van der Waals surface area contributed by atoms with Crippen LogP contribution < -0.4 is 5.73 Å². The van der Waals surface area contributed by atoms with Gasteiger partial charge in [0.1, 0.15) is 0 Å². The van der Waals surface area contributed by atoms with E-state index in [1.54, 1.807) is 6.08 Å². The lowest BCUT2D eigenvalue weighted by Crippen LogP contribution is -2.36. The number of carbonyl (C=O) groups excluding carboxylic acids is 1. The number of benzene rings is 1. The van der Waals surface area contributed by atoms with Crippen LogP contribution in [0.5, 0.6) is 0 Å². The van der Waals surface area contributed by atoms with E-state index >= 15 is 0 Å². The highest BCUT2D eigenvalue weighted by Gasteiger charge is 2.33. The molecule has 1 heterocycles. The van der Waals surface area contributed by atoms with Crippen molar-refractivity contribution in [2.45, 2.75) is 25.3 Å². The third kappa shape index (κ3) is 3.85. The van der Waals surface area contributed by atoms with E-state index < -0.39 is 0 Å². The second-order valence-electron chi connectivity index (χ2n) is 5.95. The number of anilines is 1. The van der Waals surface area contributed by atoms with Gasteiger partial charge in [-0.05, 0) is 43.0 Å². The van der Waals surface area contributed by atoms with Gasteiger partial charge in [-0.1, -0.05) is 12.1 Å². The fourth-order valence-corrected chi connectivity index (χ4v) is 2.68. The lowest BCUT2D eigenvalue weighted by molar-refractivity contribution is -0.127. The number of ether oxygens (including phenoxy) is 1. The molecule has 1 aliphatic carbocycles. The molecule has 1 saturated carbocycles. The van der Waals surface area contributed by atoms with Gasteiger partial charge in [0, 0.05) is 36.9 Å². The largest absolute Gasteiger partial charge is 0.399 e. The average molecular weight is 286 g/mol. The van der Waals surface area contributed by atoms with Crippen molar-refractivity contribution in [3.8, 4) is 0 Å². The highest BCUT2D eigenvalue weighted by Crippen LogP contribution is 2.29. The van der Waals surface area contributed by atoms with Gasteiger partial charge in [-0.15, -0.1) is 0 Å². The first-order valence-corrected chi connectivity index (χ1v) is 7.64. The van der Waals surface area contributed by atoms with Crippen LogP contribution >= 0.6 is 0 Å². The summed E-state index contributed by atoms with van der Waals surface area (Å²) in [6, 6.07) is 7.97. The van der Waals surface area contributed by atoms with Gasteiger partial charge in [0.05, 0.1) is 6.61 Å². The Bertz CT molecular complexity index is 514. The van der Waals surface area contributed by atoms with Crippen molar-refractivity contribution in [1.82, 2.24) is 4.90 Å². The Labute approximate surface area is 125 Å². The van der Waals surface area contributed by atoms with Crippen molar-refractivity contribution in [2.24, 2.45) is 5.92 Å². The molecule has 0 spiro atoms. The van der Waals surface area contributed by atoms with Gasteiger partial charge in [-0.3, -0.25) is 4.79 Å². The molecule has 2 fully saturated rings. The van der Waals surface area contributed by atoms with Gasteiger partial charge in [-0.2, -0.15) is 0 Å². The number of hydrogen-bond donors (Lipinski definition) is 1. The third-order valence-corrected chi connectivity index (χ3v) is 4.10. The second kappa shape index (κ2) is 6.31.